The highest BCUT2D eigenvalue weighted by molar-refractivity contribution is 5.99. The van der Waals surface area contributed by atoms with E-state index in [9.17, 15) is 4.79 Å². The minimum Gasteiger partial charge on any atom is -0.358 e. The molecule has 2 heterocycles. The van der Waals surface area contributed by atoms with E-state index in [1.165, 1.54) is 16.5 Å². The fourth-order valence-electron chi connectivity index (χ4n) is 5.97. The van der Waals surface area contributed by atoms with Gasteiger partial charge in [-0.15, -0.1) is 0 Å². The number of aromatic nitrogens is 2. The molecule has 156 valence electrons. The fraction of sp³-hybridized carbons (Fsp3) is 0.357. The minimum atomic E-state index is 0.000927. The predicted octanol–water partition coefficient (Wildman–Crippen LogP) is 6.27. The molecule has 3 aliphatic carbocycles. The highest BCUT2D eigenvalue weighted by Gasteiger charge is 2.61. The number of Topliss-reactive ketones (excluding diaryl/α,β-unsaturated/α-hetero) is 1. The highest BCUT2D eigenvalue weighted by Crippen LogP contribution is 2.64. The Labute approximate surface area is 183 Å². The number of H-pyrrole nitrogens is 1. The number of aromatic amines is 1. The molecule has 0 saturated heterocycles. The van der Waals surface area contributed by atoms with E-state index >= 15 is 0 Å². The third-order valence-electron chi connectivity index (χ3n) is 8.07. The van der Waals surface area contributed by atoms with E-state index in [0.29, 0.717) is 30.0 Å². The van der Waals surface area contributed by atoms with Gasteiger partial charge in [-0.1, -0.05) is 56.7 Å². The van der Waals surface area contributed by atoms with Crippen molar-refractivity contribution in [2.24, 2.45) is 17.8 Å². The molecule has 1 N–H and O–H groups in total. The number of carbonyl (C=O) groups is 1. The van der Waals surface area contributed by atoms with Crippen molar-refractivity contribution in [3.8, 4) is 0 Å². The van der Waals surface area contributed by atoms with E-state index in [1.807, 2.05) is 6.07 Å². The summed E-state index contributed by atoms with van der Waals surface area (Å²) >= 11 is 0. The molecular formula is C28H28N2O. The predicted molar refractivity (Wildman–Crippen MR) is 125 cm³/mol. The van der Waals surface area contributed by atoms with E-state index in [1.54, 1.807) is 0 Å². The summed E-state index contributed by atoms with van der Waals surface area (Å²) in [5.41, 5.74) is 6.64. The second kappa shape index (κ2) is 6.78. The van der Waals surface area contributed by atoms with Crippen LogP contribution >= 0.6 is 0 Å². The number of carbonyl (C=O) groups excluding carboxylic acids is 1. The van der Waals surface area contributed by atoms with Gasteiger partial charge in [0.2, 0.25) is 0 Å². The number of hydrogen-bond donors (Lipinski definition) is 1. The van der Waals surface area contributed by atoms with Gasteiger partial charge in [-0.3, -0.25) is 9.78 Å². The van der Waals surface area contributed by atoms with Gasteiger partial charge in [-0.2, -0.15) is 0 Å². The lowest BCUT2D eigenvalue weighted by Crippen LogP contribution is -2.11. The minimum absolute atomic E-state index is 0.000927. The third kappa shape index (κ3) is 2.79. The van der Waals surface area contributed by atoms with Gasteiger partial charge in [0, 0.05) is 40.4 Å². The van der Waals surface area contributed by atoms with E-state index < -0.39 is 0 Å². The van der Waals surface area contributed by atoms with Gasteiger partial charge >= 0.3 is 0 Å². The Hall–Kier alpha value is -2.94. The summed E-state index contributed by atoms with van der Waals surface area (Å²) in [5, 5.41) is 1.19. The van der Waals surface area contributed by atoms with Gasteiger partial charge in [-0.05, 0) is 59.9 Å². The number of hydrogen-bond acceptors (Lipinski definition) is 2. The molecule has 0 aliphatic heterocycles. The standard InChI is InChI=1S/C28H28N2O/c1-3-18-8-11-25-22(27(31)12-18)14-26(30-25)20-9-10-23-17(2)28(23,15-20)21-13-19-6-4-5-7-24(19)29-16-21/h4-7,9-10,13-18,23,30H,3,8,11-12H2,1-2H3. The van der Waals surface area contributed by atoms with Crippen LogP contribution < -0.4 is 0 Å². The van der Waals surface area contributed by atoms with Crippen molar-refractivity contribution in [2.45, 2.75) is 44.9 Å². The Morgan fingerprint density at radius 3 is 2.97 bits per heavy atom. The molecule has 0 amide bonds. The number of benzene rings is 1. The van der Waals surface area contributed by atoms with E-state index in [4.69, 9.17) is 4.98 Å². The monoisotopic (exact) mass is 408 g/mol. The Balaban J connectivity index is 1.39. The van der Waals surface area contributed by atoms with Crippen molar-refractivity contribution in [2.75, 3.05) is 0 Å². The maximum Gasteiger partial charge on any atom is 0.164 e. The third-order valence-corrected chi connectivity index (χ3v) is 8.07. The highest BCUT2D eigenvalue weighted by atomic mass is 16.1. The molecule has 0 bridgehead atoms. The fourth-order valence-corrected chi connectivity index (χ4v) is 5.97. The van der Waals surface area contributed by atoms with Crippen molar-refractivity contribution in [1.82, 2.24) is 9.97 Å². The largest absolute Gasteiger partial charge is 0.358 e. The molecule has 0 radical (unpaired) electrons. The van der Waals surface area contributed by atoms with Crippen LogP contribution in [0.5, 0.6) is 0 Å². The number of nitrogens with zero attached hydrogens (tertiary/aromatic N) is 1. The van der Waals surface area contributed by atoms with Crippen molar-refractivity contribution < 1.29 is 4.79 Å². The normalized spacial score (nSPS) is 29.3. The molecule has 2 aromatic heterocycles. The van der Waals surface area contributed by atoms with Gasteiger partial charge in [0.05, 0.1) is 5.52 Å². The summed E-state index contributed by atoms with van der Waals surface area (Å²) < 4.78 is 0. The van der Waals surface area contributed by atoms with Crippen LogP contribution in [0, 0.1) is 17.8 Å². The summed E-state index contributed by atoms with van der Waals surface area (Å²) in [6.07, 6.45) is 12.9. The Kier molecular flexibility index (Phi) is 4.11. The number of pyridine rings is 1. The maximum atomic E-state index is 12.8. The van der Waals surface area contributed by atoms with Gasteiger partial charge in [0.25, 0.3) is 0 Å². The Morgan fingerprint density at radius 2 is 2.10 bits per heavy atom. The van der Waals surface area contributed by atoms with Crippen molar-refractivity contribution in [1.29, 1.82) is 0 Å². The average molecular weight is 409 g/mol. The first-order valence-corrected chi connectivity index (χ1v) is 11.6. The zero-order valence-corrected chi connectivity index (χ0v) is 18.2. The number of para-hydroxylation sites is 1. The summed E-state index contributed by atoms with van der Waals surface area (Å²) in [6, 6.07) is 12.7. The molecule has 3 nitrogen and oxygen atoms in total. The summed E-state index contributed by atoms with van der Waals surface area (Å²) in [6.45, 7) is 4.52. The van der Waals surface area contributed by atoms with Crippen LogP contribution in [0.4, 0.5) is 0 Å². The molecule has 1 saturated carbocycles. The first-order chi connectivity index (χ1) is 15.1. The lowest BCUT2D eigenvalue weighted by atomic mass is 9.86. The van der Waals surface area contributed by atoms with Gasteiger partial charge < -0.3 is 4.98 Å². The lowest BCUT2D eigenvalue weighted by Gasteiger charge is -2.18. The number of fused-ring (bicyclic) bond motifs is 3. The molecule has 0 spiro atoms. The molecule has 4 unspecified atom stereocenters. The molecule has 6 rings (SSSR count). The topological polar surface area (TPSA) is 45.8 Å². The van der Waals surface area contributed by atoms with Crippen molar-refractivity contribution in [3.05, 3.63) is 83.3 Å². The van der Waals surface area contributed by atoms with Crippen LogP contribution in [0.3, 0.4) is 0 Å². The van der Waals surface area contributed by atoms with Crippen molar-refractivity contribution in [3.63, 3.8) is 0 Å². The zero-order valence-electron chi connectivity index (χ0n) is 18.2. The van der Waals surface area contributed by atoms with E-state index in [2.05, 4.69) is 73.6 Å². The molecular weight excluding hydrogens is 380 g/mol. The van der Waals surface area contributed by atoms with E-state index in [0.717, 1.165) is 41.7 Å². The molecule has 31 heavy (non-hydrogen) atoms. The average Bonchev–Trinajstić information content (AvgIpc) is 3.23. The molecule has 4 atom stereocenters. The molecule has 3 aliphatic rings. The van der Waals surface area contributed by atoms with Gasteiger partial charge in [0.15, 0.2) is 5.78 Å². The Bertz CT molecular complexity index is 1260. The summed E-state index contributed by atoms with van der Waals surface area (Å²) in [4.78, 5) is 21.2. The number of aryl methyl sites for hydroxylation is 1. The van der Waals surface area contributed by atoms with Crippen LogP contribution in [0.15, 0.2) is 60.8 Å². The smallest absolute Gasteiger partial charge is 0.164 e. The van der Waals surface area contributed by atoms with Gasteiger partial charge in [0.1, 0.15) is 0 Å². The second-order valence-electron chi connectivity index (χ2n) is 9.64. The SMILES string of the molecule is CCC1CCc2[nH]c(C3=CC4(c5cnc6ccccc6c5)C(C)C4C=C3)cc2C(=O)C1. The Morgan fingerprint density at radius 1 is 1.23 bits per heavy atom. The van der Waals surface area contributed by atoms with Crippen molar-refractivity contribution >= 4 is 22.3 Å². The number of allylic oxidation sites excluding steroid dienone is 4. The van der Waals surface area contributed by atoms with E-state index in [-0.39, 0.29) is 5.41 Å². The molecule has 1 aromatic carbocycles. The van der Waals surface area contributed by atoms with Gasteiger partial charge in [-0.25, -0.2) is 0 Å². The second-order valence-corrected chi connectivity index (χ2v) is 9.64. The number of ketones is 1. The lowest BCUT2D eigenvalue weighted by molar-refractivity contribution is 0.0962. The van der Waals surface area contributed by atoms with Crippen LogP contribution in [0.25, 0.3) is 16.5 Å². The summed E-state index contributed by atoms with van der Waals surface area (Å²) in [5.74, 6) is 1.87. The van der Waals surface area contributed by atoms with Crippen LogP contribution in [-0.2, 0) is 11.8 Å². The number of nitrogens with one attached hydrogen (secondary N) is 1. The van der Waals surface area contributed by atoms with Crippen LogP contribution in [-0.4, -0.2) is 15.8 Å². The van der Waals surface area contributed by atoms with Crippen LogP contribution in [0.1, 0.15) is 60.4 Å². The number of rotatable bonds is 3. The quantitative estimate of drug-likeness (QED) is 0.520. The van der Waals surface area contributed by atoms with Crippen LogP contribution in [0.2, 0.25) is 0 Å². The first-order valence-electron chi connectivity index (χ1n) is 11.6. The summed E-state index contributed by atoms with van der Waals surface area (Å²) in [7, 11) is 0. The first kappa shape index (κ1) is 18.8. The zero-order chi connectivity index (χ0) is 21.2. The molecule has 3 heteroatoms. The maximum absolute atomic E-state index is 12.8. The molecule has 3 aromatic rings. The molecule has 1 fully saturated rings.